The molecule has 2 aromatic carbocycles. The maximum absolute atomic E-state index is 12.4. The molecule has 3 rings (SSSR count). The van der Waals surface area contributed by atoms with Gasteiger partial charge < -0.3 is 19.1 Å². The van der Waals surface area contributed by atoms with E-state index in [1.54, 1.807) is 18.2 Å². The average molecular weight is 407 g/mol. The van der Waals surface area contributed by atoms with E-state index < -0.39 is 22.1 Å². The molecule has 0 radical (unpaired) electrons. The summed E-state index contributed by atoms with van der Waals surface area (Å²) in [4.78, 5) is 25.7. The molecule has 9 nitrogen and oxygen atoms in total. The zero-order chi connectivity index (χ0) is 20.5. The molecule has 1 heterocycles. The second-order valence-corrected chi connectivity index (χ2v) is 7.21. The number of rotatable bonds is 4. The van der Waals surface area contributed by atoms with E-state index in [2.05, 4.69) is 0 Å². The van der Waals surface area contributed by atoms with Crippen molar-refractivity contribution in [2.24, 2.45) is 0 Å². The predicted molar refractivity (Wildman–Crippen MR) is 98.1 cm³/mol. The highest BCUT2D eigenvalue weighted by atomic mass is 32.2. The van der Waals surface area contributed by atoms with Crippen LogP contribution in [0.4, 0.5) is 5.69 Å². The first-order valence-electron chi connectivity index (χ1n) is 8.04. The number of carbonyl (C=O) groups excluding carboxylic acids is 2. The van der Waals surface area contributed by atoms with Crippen molar-refractivity contribution in [3.05, 3.63) is 47.7 Å². The Morgan fingerprint density at radius 1 is 1.04 bits per heavy atom. The van der Waals surface area contributed by atoms with E-state index in [-0.39, 0.29) is 34.9 Å². The van der Waals surface area contributed by atoms with Crippen molar-refractivity contribution in [3.8, 4) is 0 Å². The molecule has 1 aliphatic rings. The Bertz CT molecular complexity index is 1090. The normalized spacial score (nSPS) is 14.9. The van der Waals surface area contributed by atoms with Gasteiger partial charge in [0.05, 0.1) is 32.1 Å². The van der Waals surface area contributed by atoms with Crippen LogP contribution < -0.4 is 4.90 Å². The van der Waals surface area contributed by atoms with Crippen LogP contribution in [0.5, 0.6) is 0 Å². The number of methoxy groups -OCH3 is 2. The van der Waals surface area contributed by atoms with Crippen LogP contribution in [0.15, 0.2) is 52.6 Å². The van der Waals surface area contributed by atoms with Crippen molar-refractivity contribution in [2.75, 3.05) is 32.5 Å². The van der Waals surface area contributed by atoms with Crippen LogP contribution in [0.2, 0.25) is 0 Å². The summed E-state index contributed by atoms with van der Waals surface area (Å²) in [6.07, 6.45) is 0. The number of benzene rings is 2. The van der Waals surface area contributed by atoms with Crippen molar-refractivity contribution < 1.29 is 36.8 Å². The Balaban J connectivity index is 2.29. The van der Waals surface area contributed by atoms with Crippen LogP contribution in [0.1, 0.15) is 0 Å². The molecule has 0 aromatic heterocycles. The van der Waals surface area contributed by atoms with Crippen LogP contribution in [-0.2, 0) is 33.9 Å². The lowest BCUT2D eigenvalue weighted by molar-refractivity contribution is -0.140. The maximum atomic E-state index is 12.4. The molecular formula is C18H17NO8S. The minimum atomic E-state index is -4.47. The number of hydrogen-bond acceptors (Lipinski definition) is 8. The van der Waals surface area contributed by atoms with Crippen molar-refractivity contribution in [3.63, 3.8) is 0 Å². The molecule has 28 heavy (non-hydrogen) atoms. The summed E-state index contributed by atoms with van der Waals surface area (Å²) < 4.78 is 47.9. The third kappa shape index (κ3) is 3.44. The lowest BCUT2D eigenvalue weighted by Crippen LogP contribution is -2.38. The molecule has 0 spiro atoms. The highest BCUT2D eigenvalue weighted by Gasteiger charge is 2.33. The van der Waals surface area contributed by atoms with Crippen molar-refractivity contribution in [1.82, 2.24) is 0 Å². The first-order chi connectivity index (χ1) is 13.3. The lowest BCUT2D eigenvalue weighted by Gasteiger charge is -2.32. The van der Waals surface area contributed by atoms with Gasteiger partial charge in [-0.05, 0) is 12.1 Å². The topological polar surface area (TPSA) is 119 Å². The molecule has 10 heteroatoms. The molecule has 1 N–H and O–H groups in total. The van der Waals surface area contributed by atoms with Gasteiger partial charge in [0.1, 0.15) is 17.3 Å². The first kappa shape index (κ1) is 19.8. The van der Waals surface area contributed by atoms with Crippen molar-refractivity contribution in [2.45, 2.75) is 4.90 Å². The van der Waals surface area contributed by atoms with Gasteiger partial charge >= 0.3 is 11.9 Å². The number of anilines is 1. The number of ether oxygens (including phenoxy) is 3. The molecule has 0 fully saturated rings. The standard InChI is InChI=1S/C18H17NO8S/c1-25-17(20)13-9-27-10-19(16(13)18(21)26-2)14-7-3-6-12-11(14)5-4-8-15(12)28(22,23)24/h3-8H,9-10H2,1-2H3,(H,22,23,24). The summed E-state index contributed by atoms with van der Waals surface area (Å²) in [7, 11) is -2.11. The monoisotopic (exact) mass is 407 g/mol. The number of fused-ring (bicyclic) bond motifs is 1. The third-order valence-corrected chi connectivity index (χ3v) is 5.17. The Morgan fingerprint density at radius 2 is 1.68 bits per heavy atom. The molecule has 148 valence electrons. The first-order valence-corrected chi connectivity index (χ1v) is 9.48. The Morgan fingerprint density at radius 3 is 2.32 bits per heavy atom. The van der Waals surface area contributed by atoms with Gasteiger partial charge in [0, 0.05) is 10.8 Å². The smallest absolute Gasteiger partial charge is 0.355 e. The molecule has 0 atom stereocenters. The molecule has 0 unspecified atom stereocenters. The van der Waals surface area contributed by atoms with E-state index in [1.807, 2.05) is 0 Å². The van der Waals surface area contributed by atoms with Gasteiger partial charge in [-0.15, -0.1) is 0 Å². The minimum absolute atomic E-state index is 0.0245. The van der Waals surface area contributed by atoms with Gasteiger partial charge in [-0.2, -0.15) is 8.42 Å². The van der Waals surface area contributed by atoms with Gasteiger partial charge in [0.25, 0.3) is 10.1 Å². The van der Waals surface area contributed by atoms with E-state index in [1.165, 1.54) is 37.3 Å². The Kier molecular flexibility index (Phi) is 5.36. The van der Waals surface area contributed by atoms with Gasteiger partial charge in [-0.3, -0.25) is 4.55 Å². The summed E-state index contributed by atoms with van der Waals surface area (Å²) in [5.41, 5.74) is 0.304. The summed E-state index contributed by atoms with van der Waals surface area (Å²) in [6.45, 7) is -0.227. The summed E-state index contributed by atoms with van der Waals surface area (Å²) in [5, 5.41) is 0.672. The van der Waals surface area contributed by atoms with Crippen LogP contribution in [0, 0.1) is 0 Å². The fourth-order valence-corrected chi connectivity index (χ4v) is 3.76. The fourth-order valence-electron chi connectivity index (χ4n) is 3.06. The SMILES string of the molecule is COC(=O)C1=C(C(=O)OC)N(c2cccc3c(S(=O)(=O)O)cccc23)COC1. The second kappa shape index (κ2) is 7.58. The number of carbonyl (C=O) groups is 2. The molecule has 0 amide bonds. The third-order valence-electron chi connectivity index (χ3n) is 4.26. The summed E-state index contributed by atoms with van der Waals surface area (Å²) in [6, 6.07) is 9.07. The van der Waals surface area contributed by atoms with Crippen LogP contribution in [-0.4, -0.2) is 52.5 Å². The van der Waals surface area contributed by atoms with E-state index in [9.17, 15) is 22.6 Å². The molecular weight excluding hydrogens is 390 g/mol. The molecule has 0 aliphatic carbocycles. The zero-order valence-electron chi connectivity index (χ0n) is 15.0. The van der Waals surface area contributed by atoms with E-state index in [0.717, 1.165) is 0 Å². The molecule has 2 aromatic rings. The number of nitrogens with zero attached hydrogens (tertiary/aromatic N) is 1. The predicted octanol–water partition coefficient (Wildman–Crippen LogP) is 1.48. The van der Waals surface area contributed by atoms with Crippen molar-refractivity contribution >= 4 is 38.5 Å². The number of esters is 2. The lowest BCUT2D eigenvalue weighted by atomic mass is 10.1. The summed E-state index contributed by atoms with van der Waals surface area (Å²) in [5.74, 6) is -1.52. The average Bonchev–Trinajstić information content (AvgIpc) is 2.70. The largest absolute Gasteiger partial charge is 0.466 e. The van der Waals surface area contributed by atoms with E-state index >= 15 is 0 Å². The van der Waals surface area contributed by atoms with Gasteiger partial charge in [-0.1, -0.05) is 24.3 Å². The van der Waals surface area contributed by atoms with Gasteiger partial charge in [-0.25, -0.2) is 9.59 Å². The van der Waals surface area contributed by atoms with E-state index in [0.29, 0.717) is 11.1 Å². The molecule has 0 bridgehead atoms. The highest BCUT2D eigenvalue weighted by molar-refractivity contribution is 7.86. The van der Waals surface area contributed by atoms with Crippen LogP contribution >= 0.6 is 0 Å². The van der Waals surface area contributed by atoms with Crippen molar-refractivity contribution in [1.29, 1.82) is 0 Å². The molecule has 0 saturated carbocycles. The van der Waals surface area contributed by atoms with Gasteiger partial charge in [0.2, 0.25) is 0 Å². The quantitative estimate of drug-likeness (QED) is 0.593. The molecule has 0 saturated heterocycles. The maximum Gasteiger partial charge on any atom is 0.355 e. The highest BCUT2D eigenvalue weighted by Crippen LogP contribution is 2.35. The van der Waals surface area contributed by atoms with Crippen LogP contribution in [0.25, 0.3) is 10.8 Å². The molecule has 1 aliphatic heterocycles. The second-order valence-electron chi connectivity index (χ2n) is 5.82. The summed E-state index contributed by atoms with van der Waals surface area (Å²) >= 11 is 0. The van der Waals surface area contributed by atoms with Gasteiger partial charge in [0.15, 0.2) is 0 Å². The minimum Gasteiger partial charge on any atom is -0.466 e. The number of hydrogen-bond donors (Lipinski definition) is 1. The van der Waals surface area contributed by atoms with Crippen LogP contribution in [0.3, 0.4) is 0 Å². The Labute approximate surface area is 160 Å². The Hall–Kier alpha value is -2.95. The van der Waals surface area contributed by atoms with E-state index in [4.69, 9.17) is 14.2 Å². The zero-order valence-corrected chi connectivity index (χ0v) is 15.9. The fraction of sp³-hybridized carbons (Fsp3) is 0.222.